The second-order valence-electron chi connectivity index (χ2n) is 6.50. The lowest BCUT2D eigenvalue weighted by Crippen LogP contribution is -2.25. The van der Waals surface area contributed by atoms with E-state index in [9.17, 15) is 20.1 Å². The number of carbonyl (C=O) groups excluding carboxylic acids is 1. The Morgan fingerprint density at radius 3 is 2.37 bits per heavy atom. The lowest BCUT2D eigenvalue weighted by molar-refractivity contribution is -0.144. The van der Waals surface area contributed by atoms with E-state index >= 15 is 0 Å². The van der Waals surface area contributed by atoms with Crippen molar-refractivity contribution in [1.82, 2.24) is 0 Å². The van der Waals surface area contributed by atoms with Gasteiger partial charge in [-0.3, -0.25) is 4.79 Å². The van der Waals surface area contributed by atoms with Gasteiger partial charge in [-0.2, -0.15) is 0 Å². The van der Waals surface area contributed by atoms with Crippen molar-refractivity contribution in [3.63, 3.8) is 0 Å². The minimum Gasteiger partial charge on any atom is -0.504 e. The van der Waals surface area contributed by atoms with E-state index in [1.165, 1.54) is 32.4 Å². The van der Waals surface area contributed by atoms with Gasteiger partial charge < -0.3 is 29.5 Å². The Kier molecular flexibility index (Phi) is 5.41. The van der Waals surface area contributed by atoms with E-state index < -0.39 is 18.0 Å². The fourth-order valence-corrected chi connectivity index (χ4v) is 3.39. The normalized spacial score (nSPS) is 20.2. The lowest BCUT2D eigenvalue weighted by Gasteiger charge is -2.22. The second kappa shape index (κ2) is 7.75. The molecule has 0 saturated carbocycles. The van der Waals surface area contributed by atoms with Gasteiger partial charge in [0, 0.05) is 5.92 Å². The van der Waals surface area contributed by atoms with Crippen LogP contribution in [0.25, 0.3) is 0 Å². The van der Waals surface area contributed by atoms with Crippen LogP contribution in [0.2, 0.25) is 0 Å². The number of phenols is 2. The summed E-state index contributed by atoms with van der Waals surface area (Å²) in [6.45, 7) is 0.193. The number of hydrogen-bond donors (Lipinski definition) is 3. The summed E-state index contributed by atoms with van der Waals surface area (Å²) in [5.41, 5.74) is 1.32. The Bertz CT molecular complexity index is 833. The molecule has 1 fully saturated rings. The third kappa shape index (κ3) is 3.78. The van der Waals surface area contributed by atoms with E-state index in [2.05, 4.69) is 0 Å². The molecule has 0 aliphatic carbocycles. The van der Waals surface area contributed by atoms with Crippen molar-refractivity contribution in [3.05, 3.63) is 47.5 Å². The molecule has 2 aromatic carbocycles. The monoisotopic (exact) mass is 374 g/mol. The SMILES string of the molecule is COc1cc(C[C@H]2COC(=O)[C@H]2C(O)c2ccc(O)c(OC)c2)ccc1O. The predicted molar refractivity (Wildman–Crippen MR) is 95.9 cm³/mol. The number of aliphatic hydroxyl groups excluding tert-OH is 1. The minimum atomic E-state index is -1.10. The molecule has 1 heterocycles. The number of cyclic esters (lactones) is 1. The molecule has 7 heteroatoms. The highest BCUT2D eigenvalue weighted by molar-refractivity contribution is 5.76. The molecule has 0 spiro atoms. The number of aliphatic hydroxyl groups is 1. The first kappa shape index (κ1) is 18.8. The quantitative estimate of drug-likeness (QED) is 0.666. The molecule has 1 unspecified atom stereocenters. The summed E-state index contributed by atoms with van der Waals surface area (Å²) in [4.78, 5) is 12.3. The fraction of sp³-hybridized carbons (Fsp3) is 0.350. The number of hydrogen-bond acceptors (Lipinski definition) is 7. The number of rotatable bonds is 6. The number of phenolic OH excluding ortho intramolecular Hbond substituents is 2. The van der Waals surface area contributed by atoms with E-state index in [4.69, 9.17) is 14.2 Å². The van der Waals surface area contributed by atoms with Gasteiger partial charge in [0.25, 0.3) is 0 Å². The van der Waals surface area contributed by atoms with Crippen molar-refractivity contribution in [2.24, 2.45) is 11.8 Å². The number of methoxy groups -OCH3 is 2. The van der Waals surface area contributed by atoms with Crippen LogP contribution in [0.1, 0.15) is 17.2 Å². The summed E-state index contributed by atoms with van der Waals surface area (Å²) in [5, 5.41) is 30.2. The van der Waals surface area contributed by atoms with Crippen LogP contribution in [0.15, 0.2) is 36.4 Å². The minimum absolute atomic E-state index is 0.0350. The molecule has 1 saturated heterocycles. The fourth-order valence-electron chi connectivity index (χ4n) is 3.39. The molecule has 3 rings (SSSR count). The van der Waals surface area contributed by atoms with Gasteiger partial charge in [0.15, 0.2) is 23.0 Å². The number of ether oxygens (including phenoxy) is 3. The van der Waals surface area contributed by atoms with Gasteiger partial charge in [-0.15, -0.1) is 0 Å². The first-order valence-electron chi connectivity index (χ1n) is 8.52. The molecule has 144 valence electrons. The summed E-state index contributed by atoms with van der Waals surface area (Å²) in [5.74, 6) is -0.912. The van der Waals surface area contributed by atoms with Crippen molar-refractivity contribution in [2.75, 3.05) is 20.8 Å². The zero-order chi connectivity index (χ0) is 19.6. The second-order valence-corrected chi connectivity index (χ2v) is 6.50. The zero-order valence-corrected chi connectivity index (χ0v) is 15.1. The van der Waals surface area contributed by atoms with Crippen molar-refractivity contribution in [2.45, 2.75) is 12.5 Å². The van der Waals surface area contributed by atoms with Crippen LogP contribution in [0.3, 0.4) is 0 Å². The molecule has 0 aromatic heterocycles. The maximum Gasteiger partial charge on any atom is 0.312 e. The van der Waals surface area contributed by atoms with Crippen LogP contribution in [-0.2, 0) is 16.0 Å². The number of carbonyl (C=O) groups is 1. The van der Waals surface area contributed by atoms with E-state index in [1.54, 1.807) is 18.2 Å². The zero-order valence-electron chi connectivity index (χ0n) is 15.1. The molecule has 0 radical (unpaired) electrons. The maximum absolute atomic E-state index is 12.3. The largest absolute Gasteiger partial charge is 0.504 e. The molecule has 2 aromatic rings. The van der Waals surface area contributed by atoms with Gasteiger partial charge in [0.05, 0.1) is 32.8 Å². The highest BCUT2D eigenvalue weighted by Gasteiger charge is 2.42. The Morgan fingerprint density at radius 1 is 1.07 bits per heavy atom. The van der Waals surface area contributed by atoms with Gasteiger partial charge in [-0.1, -0.05) is 12.1 Å². The van der Waals surface area contributed by atoms with Crippen LogP contribution >= 0.6 is 0 Å². The predicted octanol–water partition coefficient (Wildman–Crippen LogP) is 2.18. The van der Waals surface area contributed by atoms with E-state index in [0.29, 0.717) is 17.7 Å². The number of esters is 1. The molecule has 1 aliphatic rings. The smallest absolute Gasteiger partial charge is 0.312 e. The van der Waals surface area contributed by atoms with Gasteiger partial charge >= 0.3 is 5.97 Å². The van der Waals surface area contributed by atoms with E-state index in [0.717, 1.165) is 5.56 Å². The third-order valence-corrected chi connectivity index (χ3v) is 4.85. The van der Waals surface area contributed by atoms with Gasteiger partial charge in [0.1, 0.15) is 0 Å². The average molecular weight is 374 g/mol. The van der Waals surface area contributed by atoms with Crippen LogP contribution in [0, 0.1) is 11.8 Å². The summed E-state index contributed by atoms with van der Waals surface area (Å²) in [7, 11) is 2.88. The lowest BCUT2D eigenvalue weighted by atomic mass is 9.83. The maximum atomic E-state index is 12.3. The van der Waals surface area contributed by atoms with Crippen LogP contribution in [0.4, 0.5) is 0 Å². The van der Waals surface area contributed by atoms with E-state index in [-0.39, 0.29) is 29.8 Å². The standard InChI is InChI=1S/C20H22O7/c1-25-16-8-11(3-5-14(16)21)7-13-10-27-20(24)18(13)19(23)12-4-6-15(22)17(9-12)26-2/h3-6,8-9,13,18-19,21-23H,7,10H2,1-2H3/t13-,18+,19?/m0/s1. The molecular weight excluding hydrogens is 352 g/mol. The molecule has 0 amide bonds. The molecule has 27 heavy (non-hydrogen) atoms. The van der Waals surface area contributed by atoms with Crippen LogP contribution in [-0.4, -0.2) is 42.1 Å². The number of aromatic hydroxyl groups is 2. The van der Waals surface area contributed by atoms with Crippen molar-refractivity contribution < 1.29 is 34.3 Å². The Hall–Kier alpha value is -2.93. The Balaban J connectivity index is 1.83. The molecule has 7 nitrogen and oxygen atoms in total. The molecule has 1 aliphatic heterocycles. The average Bonchev–Trinajstić information content (AvgIpc) is 3.03. The highest BCUT2D eigenvalue weighted by atomic mass is 16.5. The molecule has 3 N–H and O–H groups in total. The van der Waals surface area contributed by atoms with Gasteiger partial charge in [-0.05, 0) is 41.8 Å². The van der Waals surface area contributed by atoms with E-state index in [1.807, 2.05) is 0 Å². The first-order chi connectivity index (χ1) is 12.9. The summed E-state index contributed by atoms with van der Waals surface area (Å²) in [6, 6.07) is 9.44. The van der Waals surface area contributed by atoms with Crippen molar-refractivity contribution >= 4 is 5.97 Å². The van der Waals surface area contributed by atoms with Crippen LogP contribution < -0.4 is 9.47 Å². The van der Waals surface area contributed by atoms with Crippen LogP contribution in [0.5, 0.6) is 23.0 Å². The molecular formula is C20H22O7. The Morgan fingerprint density at radius 2 is 1.70 bits per heavy atom. The first-order valence-corrected chi connectivity index (χ1v) is 8.52. The third-order valence-electron chi connectivity index (χ3n) is 4.85. The van der Waals surface area contributed by atoms with Gasteiger partial charge in [-0.25, -0.2) is 0 Å². The Labute approximate surface area is 156 Å². The summed E-state index contributed by atoms with van der Waals surface area (Å²) in [6.07, 6.45) is -0.627. The topological polar surface area (TPSA) is 105 Å². The summed E-state index contributed by atoms with van der Waals surface area (Å²) >= 11 is 0. The number of benzene rings is 2. The highest BCUT2D eigenvalue weighted by Crippen LogP contribution is 2.39. The molecule has 0 bridgehead atoms. The van der Waals surface area contributed by atoms with Crippen molar-refractivity contribution in [1.29, 1.82) is 0 Å². The van der Waals surface area contributed by atoms with Crippen molar-refractivity contribution in [3.8, 4) is 23.0 Å². The summed E-state index contributed by atoms with van der Waals surface area (Å²) < 4.78 is 15.4. The van der Waals surface area contributed by atoms with Gasteiger partial charge in [0.2, 0.25) is 0 Å². The molecule has 3 atom stereocenters.